The number of hydrogen-bond donors (Lipinski definition) is 0. The molecule has 0 atom stereocenters. The van der Waals surface area contributed by atoms with Crippen molar-refractivity contribution in [1.29, 1.82) is 0 Å². The van der Waals surface area contributed by atoms with Crippen molar-refractivity contribution in [1.82, 2.24) is 0 Å². The van der Waals surface area contributed by atoms with Crippen LogP contribution in [0.15, 0.2) is 48.5 Å². The Morgan fingerprint density at radius 3 is 2.43 bits per heavy atom. The standard InChI is InChI=1S/C22H24O/c1-16-7-6-8-18(13-16)20-15-22(11-4-3-5-12-22)23-21-10-9-17(2)14-19(20)21/h6-10,13-15H,3-5,11-12H2,1-2H3. The lowest BCUT2D eigenvalue weighted by atomic mass is 9.79. The maximum absolute atomic E-state index is 6.52. The largest absolute Gasteiger partial charge is 0.483 e. The monoisotopic (exact) mass is 304 g/mol. The Labute approximate surface area is 139 Å². The molecule has 118 valence electrons. The first-order valence-electron chi connectivity index (χ1n) is 8.75. The van der Waals surface area contributed by atoms with Gasteiger partial charge in [0.1, 0.15) is 11.4 Å². The van der Waals surface area contributed by atoms with Crippen molar-refractivity contribution < 1.29 is 4.74 Å². The van der Waals surface area contributed by atoms with Gasteiger partial charge in [0.25, 0.3) is 0 Å². The minimum atomic E-state index is -0.0976. The lowest BCUT2D eigenvalue weighted by molar-refractivity contribution is 0.0746. The summed E-state index contributed by atoms with van der Waals surface area (Å²) in [5.41, 5.74) is 6.39. The van der Waals surface area contributed by atoms with Crippen molar-refractivity contribution in [2.45, 2.75) is 51.6 Å². The molecule has 2 aromatic rings. The number of hydrogen-bond acceptors (Lipinski definition) is 1. The van der Waals surface area contributed by atoms with Crippen molar-refractivity contribution in [3.63, 3.8) is 0 Å². The van der Waals surface area contributed by atoms with E-state index in [4.69, 9.17) is 4.74 Å². The Hall–Kier alpha value is -2.02. The average molecular weight is 304 g/mol. The summed E-state index contributed by atoms with van der Waals surface area (Å²) in [6.45, 7) is 4.32. The highest BCUT2D eigenvalue weighted by atomic mass is 16.5. The second kappa shape index (κ2) is 5.56. The maximum Gasteiger partial charge on any atom is 0.128 e. The van der Waals surface area contributed by atoms with Gasteiger partial charge >= 0.3 is 0 Å². The Balaban J connectivity index is 1.89. The first-order valence-corrected chi connectivity index (χ1v) is 8.75. The first-order chi connectivity index (χ1) is 11.2. The summed E-state index contributed by atoms with van der Waals surface area (Å²) < 4.78 is 6.52. The van der Waals surface area contributed by atoms with Gasteiger partial charge in [-0.05, 0) is 68.9 Å². The highest BCUT2D eigenvalue weighted by molar-refractivity contribution is 5.85. The maximum atomic E-state index is 6.52. The lowest BCUT2D eigenvalue weighted by Crippen LogP contribution is -2.38. The summed E-state index contributed by atoms with van der Waals surface area (Å²) in [7, 11) is 0. The first kappa shape index (κ1) is 14.6. The Bertz CT molecular complexity index is 763. The molecule has 2 aromatic carbocycles. The van der Waals surface area contributed by atoms with Crippen molar-refractivity contribution in [3.05, 3.63) is 70.8 Å². The van der Waals surface area contributed by atoms with Crippen LogP contribution in [-0.4, -0.2) is 5.60 Å². The summed E-state index contributed by atoms with van der Waals surface area (Å²) in [5, 5.41) is 0. The number of ether oxygens (including phenoxy) is 1. The summed E-state index contributed by atoms with van der Waals surface area (Å²) in [6.07, 6.45) is 8.55. The van der Waals surface area contributed by atoms with Crippen LogP contribution in [0.2, 0.25) is 0 Å². The van der Waals surface area contributed by atoms with Gasteiger partial charge in [-0.2, -0.15) is 0 Å². The van der Waals surface area contributed by atoms with E-state index in [0.29, 0.717) is 0 Å². The van der Waals surface area contributed by atoms with Crippen molar-refractivity contribution in [2.24, 2.45) is 0 Å². The molecule has 1 saturated carbocycles. The molecule has 1 spiro atoms. The van der Waals surface area contributed by atoms with Crippen LogP contribution in [0.1, 0.15) is 54.4 Å². The van der Waals surface area contributed by atoms with E-state index in [1.165, 1.54) is 47.1 Å². The minimum Gasteiger partial charge on any atom is -0.483 e. The van der Waals surface area contributed by atoms with Gasteiger partial charge in [-0.3, -0.25) is 0 Å². The molecule has 0 aromatic heterocycles. The van der Waals surface area contributed by atoms with Crippen LogP contribution in [-0.2, 0) is 0 Å². The van der Waals surface area contributed by atoms with Crippen molar-refractivity contribution >= 4 is 5.57 Å². The third-order valence-corrected chi connectivity index (χ3v) is 5.17. The van der Waals surface area contributed by atoms with Crippen LogP contribution in [0, 0.1) is 13.8 Å². The topological polar surface area (TPSA) is 9.23 Å². The van der Waals surface area contributed by atoms with E-state index in [2.05, 4.69) is 62.4 Å². The van der Waals surface area contributed by atoms with Crippen molar-refractivity contribution in [3.8, 4) is 5.75 Å². The molecule has 0 bridgehead atoms. The summed E-state index contributed by atoms with van der Waals surface area (Å²) >= 11 is 0. The molecule has 23 heavy (non-hydrogen) atoms. The van der Waals surface area contributed by atoms with Crippen LogP contribution < -0.4 is 4.74 Å². The molecule has 0 N–H and O–H groups in total. The van der Waals surface area contributed by atoms with Crippen molar-refractivity contribution in [2.75, 3.05) is 0 Å². The molecule has 2 aliphatic rings. The zero-order valence-corrected chi connectivity index (χ0v) is 14.1. The number of aryl methyl sites for hydroxylation is 2. The van der Waals surface area contributed by atoms with Crippen LogP contribution in [0.5, 0.6) is 5.75 Å². The third kappa shape index (κ3) is 2.69. The second-order valence-electron chi connectivity index (χ2n) is 7.15. The van der Waals surface area contributed by atoms with Gasteiger partial charge in [0, 0.05) is 5.56 Å². The van der Waals surface area contributed by atoms with Gasteiger partial charge in [-0.15, -0.1) is 0 Å². The number of benzene rings is 2. The second-order valence-corrected chi connectivity index (χ2v) is 7.15. The molecule has 1 heteroatoms. The van der Waals surface area contributed by atoms with Gasteiger partial charge in [0.05, 0.1) is 0 Å². The molecule has 4 rings (SSSR count). The van der Waals surface area contributed by atoms with Gasteiger partial charge < -0.3 is 4.74 Å². The average Bonchev–Trinajstić information content (AvgIpc) is 2.55. The highest BCUT2D eigenvalue weighted by Gasteiger charge is 2.36. The number of fused-ring (bicyclic) bond motifs is 1. The molecule has 1 fully saturated rings. The van der Waals surface area contributed by atoms with Crippen LogP contribution >= 0.6 is 0 Å². The molecule has 0 saturated heterocycles. The molecule has 1 heterocycles. The van der Waals surface area contributed by atoms with Gasteiger partial charge in [-0.25, -0.2) is 0 Å². The fraction of sp³-hybridized carbons (Fsp3) is 0.364. The van der Waals surface area contributed by atoms with E-state index in [1.807, 2.05) is 0 Å². The minimum absolute atomic E-state index is 0.0976. The smallest absolute Gasteiger partial charge is 0.128 e. The summed E-state index contributed by atoms with van der Waals surface area (Å²) in [5.74, 6) is 1.05. The van der Waals surface area contributed by atoms with Gasteiger partial charge in [-0.1, -0.05) is 47.9 Å². The Kier molecular flexibility index (Phi) is 3.52. The van der Waals surface area contributed by atoms with E-state index >= 15 is 0 Å². The molecule has 1 aliphatic carbocycles. The van der Waals surface area contributed by atoms with E-state index in [1.54, 1.807) is 0 Å². The van der Waals surface area contributed by atoms with E-state index in [0.717, 1.165) is 18.6 Å². The summed E-state index contributed by atoms with van der Waals surface area (Å²) in [6, 6.07) is 15.4. The zero-order chi connectivity index (χ0) is 15.9. The molecular weight excluding hydrogens is 280 g/mol. The Morgan fingerprint density at radius 1 is 0.870 bits per heavy atom. The van der Waals surface area contributed by atoms with E-state index in [9.17, 15) is 0 Å². The molecular formula is C22H24O. The zero-order valence-electron chi connectivity index (χ0n) is 14.1. The molecule has 0 radical (unpaired) electrons. The normalized spacial score (nSPS) is 19.0. The highest BCUT2D eigenvalue weighted by Crippen LogP contribution is 2.45. The lowest BCUT2D eigenvalue weighted by Gasteiger charge is -2.40. The van der Waals surface area contributed by atoms with E-state index < -0.39 is 0 Å². The van der Waals surface area contributed by atoms with Gasteiger partial charge in [0.15, 0.2) is 0 Å². The third-order valence-electron chi connectivity index (χ3n) is 5.17. The quantitative estimate of drug-likeness (QED) is 0.644. The molecule has 0 amide bonds. The fourth-order valence-corrected chi connectivity index (χ4v) is 3.98. The number of rotatable bonds is 1. The Morgan fingerprint density at radius 2 is 1.65 bits per heavy atom. The van der Waals surface area contributed by atoms with Crippen LogP contribution in [0.25, 0.3) is 5.57 Å². The predicted molar refractivity (Wildman–Crippen MR) is 95.9 cm³/mol. The summed E-state index contributed by atoms with van der Waals surface area (Å²) in [4.78, 5) is 0. The van der Waals surface area contributed by atoms with Crippen LogP contribution in [0.3, 0.4) is 0 Å². The SMILES string of the molecule is Cc1cccc(C2=CC3(CCCCC3)Oc3ccc(C)cc32)c1. The molecule has 1 nitrogen and oxygen atoms in total. The van der Waals surface area contributed by atoms with Crippen LogP contribution in [0.4, 0.5) is 0 Å². The van der Waals surface area contributed by atoms with Gasteiger partial charge in [0.2, 0.25) is 0 Å². The van der Waals surface area contributed by atoms with E-state index in [-0.39, 0.29) is 5.60 Å². The molecule has 0 unspecified atom stereocenters. The predicted octanol–water partition coefficient (Wildman–Crippen LogP) is 5.83. The molecule has 1 aliphatic heterocycles. The fourth-order valence-electron chi connectivity index (χ4n) is 3.98.